The van der Waals surface area contributed by atoms with Crippen LogP contribution in [0.4, 0.5) is 0 Å². The Morgan fingerprint density at radius 2 is 1.80 bits per heavy atom. The van der Waals surface area contributed by atoms with Gasteiger partial charge in [-0.15, -0.1) is 0 Å². The first kappa shape index (κ1) is 9.96. The van der Waals surface area contributed by atoms with Crippen molar-refractivity contribution in [1.82, 2.24) is 0 Å². The van der Waals surface area contributed by atoms with Crippen LogP contribution in [0.25, 0.3) is 0 Å². The molecule has 0 heterocycles. The highest BCUT2D eigenvalue weighted by Crippen LogP contribution is 2.02. The van der Waals surface area contributed by atoms with Crippen LogP contribution >= 0.6 is 0 Å². The number of hydrogen-bond acceptors (Lipinski definition) is 1. The van der Waals surface area contributed by atoms with Gasteiger partial charge in [-0.2, -0.15) is 0 Å². The van der Waals surface area contributed by atoms with E-state index in [1.807, 2.05) is 0 Å². The van der Waals surface area contributed by atoms with Crippen LogP contribution in [0.1, 0.15) is 40.5 Å². The van der Waals surface area contributed by atoms with Gasteiger partial charge in [0.05, 0.1) is 6.10 Å². The molecule has 10 heavy (non-hydrogen) atoms. The molecule has 62 valence electrons. The monoisotopic (exact) mass is 144 g/mol. The Morgan fingerprint density at radius 1 is 1.20 bits per heavy atom. The van der Waals surface area contributed by atoms with Gasteiger partial charge in [0, 0.05) is 6.61 Å². The van der Waals surface area contributed by atoms with Crippen molar-refractivity contribution in [1.29, 1.82) is 0 Å². The van der Waals surface area contributed by atoms with Crippen molar-refractivity contribution < 1.29 is 4.74 Å². The summed E-state index contributed by atoms with van der Waals surface area (Å²) in [7, 11) is 0. The van der Waals surface area contributed by atoms with Gasteiger partial charge in [0.25, 0.3) is 0 Å². The molecule has 0 fully saturated rings. The molecule has 1 nitrogen and oxygen atoms in total. The highest BCUT2D eigenvalue weighted by Gasteiger charge is 1.98. The van der Waals surface area contributed by atoms with E-state index in [1.54, 1.807) is 0 Å². The Labute approximate surface area is 64.8 Å². The van der Waals surface area contributed by atoms with Gasteiger partial charge in [-0.1, -0.05) is 20.8 Å². The third kappa shape index (κ3) is 6.09. The van der Waals surface area contributed by atoms with E-state index in [1.165, 1.54) is 6.42 Å². The normalized spacial score (nSPS) is 14.1. The fourth-order valence-corrected chi connectivity index (χ4v) is 0.623. The maximum Gasteiger partial charge on any atom is 0.0544 e. The molecule has 0 aromatic heterocycles. The number of hydrogen-bond donors (Lipinski definition) is 0. The summed E-state index contributed by atoms with van der Waals surface area (Å²) in [5, 5.41) is 0. The van der Waals surface area contributed by atoms with Crippen LogP contribution in [0.3, 0.4) is 0 Å². The highest BCUT2D eigenvalue weighted by atomic mass is 16.5. The fourth-order valence-electron chi connectivity index (χ4n) is 0.623. The van der Waals surface area contributed by atoms with Crippen LogP contribution in [0.2, 0.25) is 0 Å². The van der Waals surface area contributed by atoms with Crippen LogP contribution < -0.4 is 0 Å². The minimum absolute atomic E-state index is 0.443. The molecule has 1 unspecified atom stereocenters. The second-order valence-electron chi connectivity index (χ2n) is 3.27. The van der Waals surface area contributed by atoms with Crippen LogP contribution in [0.5, 0.6) is 0 Å². The Morgan fingerprint density at radius 3 is 2.20 bits per heavy atom. The number of rotatable bonds is 5. The molecule has 0 spiro atoms. The maximum atomic E-state index is 5.50. The summed E-state index contributed by atoms with van der Waals surface area (Å²) in [4.78, 5) is 0. The lowest BCUT2D eigenvalue weighted by Gasteiger charge is -2.11. The van der Waals surface area contributed by atoms with E-state index in [9.17, 15) is 0 Å². The topological polar surface area (TPSA) is 9.23 Å². The Balaban J connectivity index is 3.03. The van der Waals surface area contributed by atoms with E-state index in [0.717, 1.165) is 18.9 Å². The fraction of sp³-hybridized carbons (Fsp3) is 1.00. The average Bonchev–Trinajstić information content (AvgIpc) is 1.87. The predicted molar refractivity (Wildman–Crippen MR) is 45.2 cm³/mol. The van der Waals surface area contributed by atoms with Gasteiger partial charge < -0.3 is 4.74 Å². The quantitative estimate of drug-likeness (QED) is 0.576. The lowest BCUT2D eigenvalue weighted by Crippen LogP contribution is -2.08. The summed E-state index contributed by atoms with van der Waals surface area (Å²) in [6.45, 7) is 9.65. The van der Waals surface area contributed by atoms with Gasteiger partial charge in [-0.25, -0.2) is 0 Å². The zero-order valence-corrected chi connectivity index (χ0v) is 7.68. The molecule has 0 aliphatic heterocycles. The van der Waals surface area contributed by atoms with Crippen molar-refractivity contribution in [3.8, 4) is 0 Å². The summed E-state index contributed by atoms with van der Waals surface area (Å²) in [6, 6.07) is 0. The molecule has 0 rings (SSSR count). The van der Waals surface area contributed by atoms with Crippen molar-refractivity contribution in [2.45, 2.75) is 46.6 Å². The third-order valence-corrected chi connectivity index (χ3v) is 1.67. The second-order valence-corrected chi connectivity index (χ2v) is 3.27. The van der Waals surface area contributed by atoms with Crippen molar-refractivity contribution in [2.24, 2.45) is 5.92 Å². The first-order chi connectivity index (χ1) is 4.66. The van der Waals surface area contributed by atoms with E-state index >= 15 is 0 Å². The van der Waals surface area contributed by atoms with E-state index in [2.05, 4.69) is 27.7 Å². The third-order valence-electron chi connectivity index (χ3n) is 1.67. The first-order valence-corrected chi connectivity index (χ1v) is 4.28. The van der Waals surface area contributed by atoms with Crippen molar-refractivity contribution in [3.05, 3.63) is 0 Å². The zero-order chi connectivity index (χ0) is 7.98. The van der Waals surface area contributed by atoms with Crippen molar-refractivity contribution in [2.75, 3.05) is 6.61 Å². The lowest BCUT2D eigenvalue weighted by molar-refractivity contribution is 0.0565. The standard InChI is InChI=1S/C9H20O/c1-5-9(4)10-7-6-8(2)3/h8-9H,5-7H2,1-4H3. The molecule has 0 aliphatic rings. The van der Waals surface area contributed by atoms with Gasteiger partial charge in [0.1, 0.15) is 0 Å². The Kier molecular flexibility index (Phi) is 5.70. The van der Waals surface area contributed by atoms with Crippen LogP contribution in [-0.4, -0.2) is 12.7 Å². The highest BCUT2D eigenvalue weighted by molar-refractivity contribution is 4.47. The Bertz CT molecular complexity index is 69.1. The van der Waals surface area contributed by atoms with Crippen LogP contribution in [0.15, 0.2) is 0 Å². The summed E-state index contributed by atoms with van der Waals surface area (Å²) >= 11 is 0. The van der Waals surface area contributed by atoms with E-state index in [-0.39, 0.29) is 0 Å². The molecule has 0 saturated heterocycles. The minimum Gasteiger partial charge on any atom is -0.379 e. The molecule has 0 aromatic rings. The summed E-state index contributed by atoms with van der Waals surface area (Å²) in [6.07, 6.45) is 2.75. The summed E-state index contributed by atoms with van der Waals surface area (Å²) < 4.78 is 5.50. The number of ether oxygens (including phenoxy) is 1. The minimum atomic E-state index is 0.443. The molecule has 0 radical (unpaired) electrons. The predicted octanol–water partition coefficient (Wildman–Crippen LogP) is 2.85. The molecular formula is C9H20O. The van der Waals surface area contributed by atoms with Crippen LogP contribution in [-0.2, 0) is 4.74 Å². The molecular weight excluding hydrogens is 124 g/mol. The zero-order valence-electron chi connectivity index (χ0n) is 7.68. The lowest BCUT2D eigenvalue weighted by atomic mass is 10.1. The Hall–Kier alpha value is -0.0400. The largest absolute Gasteiger partial charge is 0.379 e. The SMILES string of the molecule is CCC(C)OCCC(C)C. The van der Waals surface area contributed by atoms with E-state index in [4.69, 9.17) is 4.74 Å². The van der Waals surface area contributed by atoms with E-state index < -0.39 is 0 Å². The summed E-state index contributed by atoms with van der Waals surface area (Å²) in [5.41, 5.74) is 0. The van der Waals surface area contributed by atoms with Gasteiger partial charge in [-0.3, -0.25) is 0 Å². The molecule has 0 saturated carbocycles. The second kappa shape index (κ2) is 5.72. The first-order valence-electron chi connectivity index (χ1n) is 4.28. The molecule has 0 aromatic carbocycles. The summed E-state index contributed by atoms with van der Waals surface area (Å²) in [5.74, 6) is 0.768. The van der Waals surface area contributed by atoms with Gasteiger partial charge in [0.15, 0.2) is 0 Å². The average molecular weight is 144 g/mol. The molecule has 0 bridgehead atoms. The van der Waals surface area contributed by atoms with Gasteiger partial charge >= 0.3 is 0 Å². The smallest absolute Gasteiger partial charge is 0.0544 e. The van der Waals surface area contributed by atoms with E-state index in [0.29, 0.717) is 6.10 Å². The maximum absolute atomic E-state index is 5.50. The van der Waals surface area contributed by atoms with Crippen molar-refractivity contribution in [3.63, 3.8) is 0 Å². The molecule has 0 amide bonds. The van der Waals surface area contributed by atoms with Gasteiger partial charge in [-0.05, 0) is 25.7 Å². The van der Waals surface area contributed by atoms with Crippen molar-refractivity contribution >= 4 is 0 Å². The molecule has 0 N–H and O–H groups in total. The van der Waals surface area contributed by atoms with Crippen LogP contribution in [0, 0.1) is 5.92 Å². The molecule has 1 atom stereocenters. The van der Waals surface area contributed by atoms with Gasteiger partial charge in [0.2, 0.25) is 0 Å². The molecule has 1 heteroatoms. The molecule has 0 aliphatic carbocycles.